The van der Waals surface area contributed by atoms with Crippen LogP contribution in [0.5, 0.6) is 0 Å². The highest BCUT2D eigenvalue weighted by Crippen LogP contribution is 2.34. The summed E-state index contributed by atoms with van der Waals surface area (Å²) in [6, 6.07) is 8.30. The fraction of sp³-hybridized carbons (Fsp3) is 0.524. The number of rotatable bonds is 4. The highest BCUT2D eigenvalue weighted by Gasteiger charge is 2.48. The van der Waals surface area contributed by atoms with Crippen molar-refractivity contribution >= 4 is 46.7 Å². The van der Waals surface area contributed by atoms with Crippen LogP contribution in [0.15, 0.2) is 30.3 Å². The zero-order valence-electron chi connectivity index (χ0n) is 18.1. The molecule has 1 aromatic rings. The average molecular weight is 453 g/mol. The van der Waals surface area contributed by atoms with Gasteiger partial charge in [0.1, 0.15) is 17.7 Å². The molecule has 0 saturated carbocycles. The van der Waals surface area contributed by atoms with E-state index < -0.39 is 35.3 Å². The van der Waals surface area contributed by atoms with Crippen LogP contribution in [0.4, 0.5) is 0 Å². The Morgan fingerprint density at radius 1 is 1.07 bits per heavy atom. The van der Waals surface area contributed by atoms with Crippen molar-refractivity contribution in [2.75, 3.05) is 6.54 Å². The lowest BCUT2D eigenvalue weighted by molar-refractivity contribution is -0.160. The molecule has 0 amide bonds. The van der Waals surface area contributed by atoms with Gasteiger partial charge in [0.25, 0.3) is 5.17 Å². The summed E-state index contributed by atoms with van der Waals surface area (Å²) < 4.78 is 16.7. The molecule has 0 bridgehead atoms. The van der Waals surface area contributed by atoms with E-state index in [1.807, 2.05) is 30.3 Å². The molecule has 1 aliphatic heterocycles. The van der Waals surface area contributed by atoms with Gasteiger partial charge >= 0.3 is 11.9 Å². The van der Waals surface area contributed by atoms with E-state index >= 15 is 0 Å². The van der Waals surface area contributed by atoms with Gasteiger partial charge in [0.15, 0.2) is 17.3 Å². The lowest BCUT2D eigenvalue weighted by Crippen LogP contribution is -2.51. The van der Waals surface area contributed by atoms with Crippen LogP contribution >= 0.6 is 24.4 Å². The van der Waals surface area contributed by atoms with Crippen molar-refractivity contribution < 1.29 is 23.8 Å². The molecule has 1 saturated heterocycles. The molecular formula is C21H28N2O5S2. The minimum Gasteiger partial charge on any atom is -0.460 e. The number of hydrogen-bond donors (Lipinski definition) is 1. The number of carbonyl (C=O) groups is 2. The monoisotopic (exact) mass is 452 g/mol. The van der Waals surface area contributed by atoms with Crippen molar-refractivity contribution in [1.82, 2.24) is 10.2 Å². The lowest BCUT2D eigenvalue weighted by Gasteiger charge is -2.28. The SMILES string of the molecule is CC(C)(C)OC(=O)CNC(=S)N1C(=S)O[C@@H](c2ccccc2)[C@@H]1C(=O)OC(C)(C)C. The number of hydrogen-bond acceptors (Lipinski definition) is 7. The van der Waals surface area contributed by atoms with Gasteiger partial charge in [0, 0.05) is 0 Å². The Bertz CT molecular complexity index is 815. The van der Waals surface area contributed by atoms with Crippen LogP contribution in [-0.4, -0.2) is 50.9 Å². The second-order valence-electron chi connectivity index (χ2n) is 8.81. The van der Waals surface area contributed by atoms with E-state index in [1.54, 1.807) is 41.5 Å². The molecule has 164 valence electrons. The lowest BCUT2D eigenvalue weighted by atomic mass is 10.0. The van der Waals surface area contributed by atoms with Crippen LogP contribution in [0.1, 0.15) is 53.2 Å². The van der Waals surface area contributed by atoms with E-state index in [9.17, 15) is 9.59 Å². The van der Waals surface area contributed by atoms with Gasteiger partial charge in [0.05, 0.1) is 0 Å². The maximum atomic E-state index is 13.0. The van der Waals surface area contributed by atoms with E-state index in [-0.39, 0.29) is 16.8 Å². The molecular weight excluding hydrogens is 424 g/mol. The van der Waals surface area contributed by atoms with Gasteiger partial charge < -0.3 is 19.5 Å². The van der Waals surface area contributed by atoms with Gasteiger partial charge in [-0.2, -0.15) is 0 Å². The van der Waals surface area contributed by atoms with Gasteiger partial charge in [-0.25, -0.2) is 4.79 Å². The Labute approximate surface area is 188 Å². The normalized spacial score (nSPS) is 19.1. The van der Waals surface area contributed by atoms with Crippen molar-refractivity contribution in [3.05, 3.63) is 35.9 Å². The number of nitrogens with zero attached hydrogens (tertiary/aromatic N) is 1. The molecule has 9 heteroatoms. The number of carbonyl (C=O) groups excluding carboxylic acids is 2. The third-order valence-corrected chi connectivity index (χ3v) is 4.42. The molecule has 0 aromatic heterocycles. The zero-order chi connectivity index (χ0) is 22.7. The molecule has 1 N–H and O–H groups in total. The molecule has 1 aliphatic rings. The maximum Gasteiger partial charge on any atom is 0.334 e. The van der Waals surface area contributed by atoms with Crippen LogP contribution in [0.3, 0.4) is 0 Å². The summed E-state index contributed by atoms with van der Waals surface area (Å²) in [5.41, 5.74) is -0.572. The van der Waals surface area contributed by atoms with Crippen LogP contribution in [0.2, 0.25) is 0 Å². The number of benzene rings is 1. The molecule has 2 rings (SSSR count). The predicted molar refractivity (Wildman–Crippen MR) is 121 cm³/mol. The summed E-state index contributed by atoms with van der Waals surface area (Å²) >= 11 is 10.8. The second kappa shape index (κ2) is 9.26. The number of esters is 2. The summed E-state index contributed by atoms with van der Waals surface area (Å²) in [6.45, 7) is 10.5. The topological polar surface area (TPSA) is 77.1 Å². The first-order chi connectivity index (χ1) is 13.8. The molecule has 0 spiro atoms. The summed E-state index contributed by atoms with van der Waals surface area (Å²) in [5.74, 6) is -1.01. The van der Waals surface area contributed by atoms with Gasteiger partial charge in [-0.05, 0) is 71.5 Å². The Morgan fingerprint density at radius 3 is 2.17 bits per heavy atom. The number of thiocarbonyl (C=S) groups is 2. The minimum atomic E-state index is -0.933. The summed E-state index contributed by atoms with van der Waals surface area (Å²) in [5, 5.41) is 2.92. The highest BCUT2D eigenvalue weighted by atomic mass is 32.1. The number of ether oxygens (including phenoxy) is 3. The Hall–Kier alpha value is -2.26. The highest BCUT2D eigenvalue weighted by molar-refractivity contribution is 7.81. The first-order valence-electron chi connectivity index (χ1n) is 9.56. The quantitative estimate of drug-likeness (QED) is 0.547. The molecule has 1 heterocycles. The standard InChI is InChI=1S/C21H28N2O5S2/c1-20(2,3)27-14(24)12-22-18(29)23-15(17(25)28-21(4,5)6)16(26-19(23)30)13-10-8-7-9-11-13/h7-11,15-16H,12H2,1-6H3,(H,22,29)/t15-,16+/m1/s1. The van der Waals surface area contributed by atoms with Gasteiger partial charge in [-0.15, -0.1) is 0 Å². The second-order valence-corrected chi connectivity index (χ2v) is 9.54. The van der Waals surface area contributed by atoms with Crippen LogP contribution < -0.4 is 5.32 Å². The third-order valence-electron chi connectivity index (χ3n) is 3.79. The van der Waals surface area contributed by atoms with Crippen molar-refractivity contribution in [3.63, 3.8) is 0 Å². The molecule has 1 aromatic carbocycles. The fourth-order valence-electron chi connectivity index (χ4n) is 2.78. The fourth-order valence-corrected chi connectivity index (χ4v) is 3.42. The zero-order valence-corrected chi connectivity index (χ0v) is 19.7. The molecule has 30 heavy (non-hydrogen) atoms. The summed E-state index contributed by atoms with van der Waals surface area (Å²) in [7, 11) is 0. The van der Waals surface area contributed by atoms with Crippen molar-refractivity contribution in [2.24, 2.45) is 0 Å². The maximum absolute atomic E-state index is 13.0. The molecule has 0 aliphatic carbocycles. The van der Waals surface area contributed by atoms with Crippen molar-refractivity contribution in [3.8, 4) is 0 Å². The van der Waals surface area contributed by atoms with Crippen molar-refractivity contribution in [1.29, 1.82) is 0 Å². The van der Waals surface area contributed by atoms with Crippen LogP contribution in [0.25, 0.3) is 0 Å². The number of nitrogens with one attached hydrogen (secondary N) is 1. The molecule has 1 fully saturated rings. The predicted octanol–water partition coefficient (Wildman–Crippen LogP) is 3.27. The van der Waals surface area contributed by atoms with Gasteiger partial charge in [0.2, 0.25) is 0 Å². The Balaban J connectivity index is 2.24. The largest absolute Gasteiger partial charge is 0.460 e. The smallest absolute Gasteiger partial charge is 0.334 e. The third kappa shape index (κ3) is 6.63. The van der Waals surface area contributed by atoms with Gasteiger partial charge in [-0.3, -0.25) is 9.69 Å². The molecule has 0 radical (unpaired) electrons. The van der Waals surface area contributed by atoms with E-state index in [0.717, 1.165) is 5.56 Å². The van der Waals surface area contributed by atoms with E-state index in [1.165, 1.54) is 4.90 Å². The van der Waals surface area contributed by atoms with Gasteiger partial charge in [-0.1, -0.05) is 30.3 Å². The minimum absolute atomic E-state index is 0.0291. The molecule has 2 atom stereocenters. The average Bonchev–Trinajstić information content (AvgIpc) is 2.95. The molecule has 0 unspecified atom stereocenters. The molecule has 7 nitrogen and oxygen atoms in total. The summed E-state index contributed by atoms with van der Waals surface area (Å²) in [4.78, 5) is 26.5. The Morgan fingerprint density at radius 2 is 1.63 bits per heavy atom. The van der Waals surface area contributed by atoms with Crippen molar-refractivity contribution in [2.45, 2.75) is 64.9 Å². The van der Waals surface area contributed by atoms with E-state index in [4.69, 9.17) is 38.6 Å². The van der Waals surface area contributed by atoms with E-state index in [2.05, 4.69) is 5.32 Å². The Kier molecular flexibility index (Phi) is 7.41. The van der Waals surface area contributed by atoms with Crippen LogP contribution in [-0.2, 0) is 23.8 Å². The first kappa shape index (κ1) is 24.0. The summed E-state index contributed by atoms with van der Waals surface area (Å²) in [6.07, 6.45) is -0.699. The van der Waals surface area contributed by atoms with Crippen LogP contribution in [0, 0.1) is 0 Å². The first-order valence-corrected chi connectivity index (χ1v) is 10.4. The van der Waals surface area contributed by atoms with E-state index in [0.29, 0.717) is 0 Å².